The molecule has 1 atom stereocenters. The second kappa shape index (κ2) is 6.23. The lowest BCUT2D eigenvalue weighted by Crippen LogP contribution is -2.18. The number of methoxy groups -OCH3 is 1. The molecule has 0 unspecified atom stereocenters. The molecule has 0 fully saturated rings. The van der Waals surface area contributed by atoms with Crippen LogP contribution in [0, 0.1) is 0 Å². The average Bonchev–Trinajstić information content (AvgIpc) is 3.11. The Morgan fingerprint density at radius 3 is 2.70 bits per heavy atom. The normalized spacial score (nSPS) is 15.4. The maximum Gasteiger partial charge on any atom is 0.195 e. The van der Waals surface area contributed by atoms with Crippen LogP contribution in [0.4, 0.5) is 0 Å². The van der Waals surface area contributed by atoms with Crippen LogP contribution in [0.15, 0.2) is 58.7 Å². The number of ether oxygens (including phenoxy) is 1. The summed E-state index contributed by atoms with van der Waals surface area (Å²) in [4.78, 5) is 9.24. The van der Waals surface area contributed by atoms with Gasteiger partial charge in [0.15, 0.2) is 17.2 Å². The molecule has 0 saturated carbocycles. The van der Waals surface area contributed by atoms with Gasteiger partial charge < -0.3 is 9.84 Å². The summed E-state index contributed by atoms with van der Waals surface area (Å²) in [5.41, 5.74) is 2.36. The molecule has 1 aliphatic rings. The van der Waals surface area contributed by atoms with Gasteiger partial charge in [-0.15, -0.1) is 5.10 Å². The van der Waals surface area contributed by atoms with Gasteiger partial charge in [0, 0.05) is 21.5 Å². The number of nitrogens with zero attached hydrogens (tertiary/aromatic N) is 4. The van der Waals surface area contributed by atoms with E-state index < -0.39 is 6.23 Å². The third-order valence-electron chi connectivity index (χ3n) is 4.41. The molecule has 0 radical (unpaired) electrons. The van der Waals surface area contributed by atoms with Gasteiger partial charge in [-0.05, 0) is 60.3 Å². The Balaban J connectivity index is 1.60. The van der Waals surface area contributed by atoms with Gasteiger partial charge in [0.05, 0.1) is 12.6 Å². The summed E-state index contributed by atoms with van der Waals surface area (Å²) in [5.74, 6) is 1.28. The highest BCUT2D eigenvalue weighted by molar-refractivity contribution is 7.99. The van der Waals surface area contributed by atoms with E-state index in [0.29, 0.717) is 21.6 Å². The van der Waals surface area contributed by atoms with E-state index in [4.69, 9.17) is 16.3 Å². The zero-order valence-corrected chi connectivity index (χ0v) is 15.7. The molecular formula is C19H13ClN4O2S. The first kappa shape index (κ1) is 16.6. The smallest absolute Gasteiger partial charge is 0.195 e. The maximum atomic E-state index is 10.9. The van der Waals surface area contributed by atoms with Gasteiger partial charge in [-0.25, -0.2) is 14.6 Å². The minimum absolute atomic E-state index is 0.534. The molecule has 4 aromatic rings. The molecule has 0 bridgehead atoms. The largest absolute Gasteiger partial charge is 0.497 e. The molecule has 2 aromatic heterocycles. The second-order valence-electron chi connectivity index (χ2n) is 6.09. The first-order valence-corrected chi connectivity index (χ1v) is 9.39. The average molecular weight is 397 g/mol. The summed E-state index contributed by atoms with van der Waals surface area (Å²) in [7, 11) is 1.62. The van der Waals surface area contributed by atoms with Crippen molar-refractivity contribution in [2.24, 2.45) is 0 Å². The van der Waals surface area contributed by atoms with Crippen molar-refractivity contribution >= 4 is 34.3 Å². The van der Waals surface area contributed by atoms with Gasteiger partial charge >= 0.3 is 0 Å². The summed E-state index contributed by atoms with van der Waals surface area (Å²) in [6.45, 7) is 0. The highest BCUT2D eigenvalue weighted by atomic mass is 35.5. The summed E-state index contributed by atoms with van der Waals surface area (Å²) in [6, 6.07) is 14.9. The Hall–Kier alpha value is -2.61. The number of aliphatic hydroxyl groups excluding tert-OH is 1. The lowest BCUT2D eigenvalue weighted by Gasteiger charge is -2.21. The van der Waals surface area contributed by atoms with Crippen molar-refractivity contribution < 1.29 is 9.84 Å². The van der Waals surface area contributed by atoms with Crippen molar-refractivity contribution in [1.29, 1.82) is 0 Å². The van der Waals surface area contributed by atoms with Gasteiger partial charge in [0.2, 0.25) is 0 Å². The lowest BCUT2D eigenvalue weighted by molar-refractivity contribution is 0.116. The summed E-state index contributed by atoms with van der Waals surface area (Å²) in [6.07, 6.45) is -0.951. The van der Waals surface area contributed by atoms with Crippen molar-refractivity contribution in [2.45, 2.75) is 16.4 Å². The minimum atomic E-state index is -0.951. The third-order valence-corrected chi connectivity index (χ3v) is 5.65. The van der Waals surface area contributed by atoms with E-state index in [1.165, 1.54) is 16.4 Å². The standard InChI is InChI=1S/C19H13ClN4O2S/c1-26-13-6-7-15-11(8-13)9-14-17(21-15)27-19-22-16(23-24(19)18(14)25)10-2-4-12(20)5-3-10/h2-9,18,25H,1H3/t18-/m0/s1. The van der Waals surface area contributed by atoms with Crippen LogP contribution < -0.4 is 4.74 Å². The molecule has 134 valence electrons. The number of hydrogen-bond acceptors (Lipinski definition) is 6. The molecule has 0 amide bonds. The van der Waals surface area contributed by atoms with Crippen LogP contribution in [-0.2, 0) is 0 Å². The highest BCUT2D eigenvalue weighted by Crippen LogP contribution is 2.40. The molecule has 0 spiro atoms. The van der Waals surface area contributed by atoms with Crippen molar-refractivity contribution in [3.63, 3.8) is 0 Å². The van der Waals surface area contributed by atoms with Gasteiger partial charge in [-0.1, -0.05) is 11.6 Å². The molecule has 3 heterocycles. The van der Waals surface area contributed by atoms with Gasteiger partial charge in [0.1, 0.15) is 10.8 Å². The van der Waals surface area contributed by atoms with E-state index in [9.17, 15) is 5.11 Å². The quantitative estimate of drug-likeness (QED) is 0.548. The van der Waals surface area contributed by atoms with E-state index in [-0.39, 0.29) is 0 Å². The number of fused-ring (bicyclic) bond motifs is 3. The molecule has 1 N–H and O–H groups in total. The minimum Gasteiger partial charge on any atom is -0.497 e. The molecular weight excluding hydrogens is 384 g/mol. The van der Waals surface area contributed by atoms with Crippen molar-refractivity contribution in [1.82, 2.24) is 19.7 Å². The van der Waals surface area contributed by atoms with Crippen LogP contribution in [0.3, 0.4) is 0 Å². The van der Waals surface area contributed by atoms with E-state index in [2.05, 4.69) is 15.1 Å². The number of rotatable bonds is 2. The summed E-state index contributed by atoms with van der Waals surface area (Å²) in [5, 5.41) is 18.2. The van der Waals surface area contributed by atoms with E-state index in [0.717, 1.165) is 27.2 Å². The molecule has 6 nitrogen and oxygen atoms in total. The van der Waals surface area contributed by atoms with Gasteiger partial charge in [0.25, 0.3) is 0 Å². The second-order valence-corrected chi connectivity index (χ2v) is 7.48. The maximum absolute atomic E-state index is 10.9. The van der Waals surface area contributed by atoms with Crippen LogP contribution in [0.1, 0.15) is 11.8 Å². The number of aromatic nitrogens is 4. The van der Waals surface area contributed by atoms with Crippen LogP contribution in [0.5, 0.6) is 5.75 Å². The number of hydrogen-bond donors (Lipinski definition) is 1. The van der Waals surface area contributed by atoms with Gasteiger partial charge in [-0.3, -0.25) is 0 Å². The zero-order chi connectivity index (χ0) is 18.5. The molecule has 5 rings (SSSR count). The van der Waals surface area contributed by atoms with Crippen LogP contribution >= 0.6 is 23.4 Å². The number of benzene rings is 2. The van der Waals surface area contributed by atoms with Gasteiger partial charge in [-0.2, -0.15) is 0 Å². The van der Waals surface area contributed by atoms with E-state index >= 15 is 0 Å². The fraction of sp³-hybridized carbons (Fsp3) is 0.105. The van der Waals surface area contributed by atoms with Crippen LogP contribution in [-0.4, -0.2) is 32.0 Å². The van der Waals surface area contributed by atoms with Crippen molar-refractivity contribution in [3.05, 3.63) is 59.1 Å². The topological polar surface area (TPSA) is 73.1 Å². The van der Waals surface area contributed by atoms with Crippen LogP contribution in [0.25, 0.3) is 22.3 Å². The fourth-order valence-electron chi connectivity index (χ4n) is 3.02. The summed E-state index contributed by atoms with van der Waals surface area (Å²) < 4.78 is 6.80. The highest BCUT2D eigenvalue weighted by Gasteiger charge is 2.29. The van der Waals surface area contributed by atoms with Crippen LogP contribution in [0.2, 0.25) is 5.02 Å². The predicted octanol–water partition coefficient (Wildman–Crippen LogP) is 4.16. The fourth-order valence-corrected chi connectivity index (χ4v) is 4.12. The molecule has 0 saturated heterocycles. The zero-order valence-electron chi connectivity index (χ0n) is 14.1. The number of halogens is 1. The van der Waals surface area contributed by atoms with Crippen molar-refractivity contribution in [3.8, 4) is 17.1 Å². The molecule has 8 heteroatoms. The summed E-state index contributed by atoms with van der Waals surface area (Å²) >= 11 is 7.34. The Morgan fingerprint density at radius 1 is 1.11 bits per heavy atom. The molecule has 27 heavy (non-hydrogen) atoms. The number of aliphatic hydroxyl groups is 1. The first-order chi connectivity index (χ1) is 13.1. The number of pyridine rings is 1. The Labute approximate surface area is 163 Å². The predicted molar refractivity (Wildman–Crippen MR) is 103 cm³/mol. The van der Waals surface area contributed by atoms with E-state index in [1.807, 2.05) is 36.4 Å². The lowest BCUT2D eigenvalue weighted by atomic mass is 10.1. The monoisotopic (exact) mass is 396 g/mol. The Morgan fingerprint density at radius 2 is 1.93 bits per heavy atom. The first-order valence-electron chi connectivity index (χ1n) is 8.19. The van der Waals surface area contributed by atoms with E-state index in [1.54, 1.807) is 19.2 Å². The Kier molecular flexibility index (Phi) is 3.82. The Bertz CT molecular complexity index is 1180. The molecule has 2 aromatic carbocycles. The third kappa shape index (κ3) is 2.75. The SMILES string of the molecule is COc1ccc2nc3c(cc2c1)[C@H](O)n1nc(-c2ccc(Cl)cc2)nc1S3. The molecule has 0 aliphatic carbocycles. The van der Waals surface area contributed by atoms with Crippen molar-refractivity contribution in [2.75, 3.05) is 7.11 Å². The molecule has 1 aliphatic heterocycles.